The molecule has 2 bridgehead atoms. The van der Waals surface area contributed by atoms with E-state index >= 15 is 0 Å². The van der Waals surface area contributed by atoms with Crippen LogP contribution in [0.25, 0.3) is 0 Å². The molecule has 1 fully saturated rings. The van der Waals surface area contributed by atoms with E-state index in [1.54, 1.807) is 19.8 Å². The Balaban J connectivity index is 1.55. The molecule has 132 valence electrons. The molecular weight excluding hydrogens is 298 g/mol. The first-order valence-electron chi connectivity index (χ1n) is 9.04. The van der Waals surface area contributed by atoms with E-state index in [4.69, 9.17) is 9.47 Å². The number of allylic oxidation sites excluding steroid dienone is 1. The Morgan fingerprint density at radius 3 is 2.54 bits per heavy atom. The third-order valence-electron chi connectivity index (χ3n) is 6.27. The first kappa shape index (κ1) is 17.3. The summed E-state index contributed by atoms with van der Waals surface area (Å²) in [5.41, 5.74) is 3.48. The van der Waals surface area contributed by atoms with Gasteiger partial charge in [0, 0.05) is 13.1 Å². The van der Waals surface area contributed by atoms with Crippen molar-refractivity contribution in [3.05, 3.63) is 35.4 Å². The van der Waals surface area contributed by atoms with Gasteiger partial charge >= 0.3 is 0 Å². The van der Waals surface area contributed by atoms with Gasteiger partial charge in [-0.1, -0.05) is 31.6 Å². The van der Waals surface area contributed by atoms with E-state index in [0.29, 0.717) is 5.41 Å². The lowest BCUT2D eigenvalue weighted by atomic mass is 9.49. The predicted molar refractivity (Wildman–Crippen MR) is 98.8 cm³/mol. The Hall–Kier alpha value is -1.48. The van der Waals surface area contributed by atoms with Crippen LogP contribution in [0.4, 0.5) is 0 Å². The molecule has 3 aliphatic rings. The van der Waals surface area contributed by atoms with Crippen LogP contribution in [0.1, 0.15) is 32.3 Å². The molecule has 4 rings (SSSR count). The zero-order valence-corrected chi connectivity index (χ0v) is 15.8. The largest absolute Gasteiger partial charge is 0.493 e. The second kappa shape index (κ2) is 6.79. The van der Waals surface area contributed by atoms with Crippen LogP contribution in [-0.4, -0.2) is 39.3 Å². The SMILES string of the molecule is COc1ccc(CCN(C)CC2=CC[C@@H]3C[C@H]2C3(C)C)cc1OC. The highest BCUT2D eigenvalue weighted by Crippen LogP contribution is 2.59. The Morgan fingerprint density at radius 2 is 1.92 bits per heavy atom. The van der Waals surface area contributed by atoms with Crippen molar-refractivity contribution in [1.82, 2.24) is 4.90 Å². The second-order valence-corrected chi connectivity index (χ2v) is 8.00. The highest BCUT2D eigenvalue weighted by atomic mass is 16.5. The third kappa shape index (κ3) is 3.19. The van der Waals surface area contributed by atoms with Gasteiger partial charge in [-0.15, -0.1) is 0 Å². The van der Waals surface area contributed by atoms with E-state index in [1.165, 1.54) is 18.4 Å². The molecule has 0 amide bonds. The highest BCUT2D eigenvalue weighted by Gasteiger charge is 2.50. The molecule has 3 aliphatic carbocycles. The van der Waals surface area contributed by atoms with Crippen molar-refractivity contribution < 1.29 is 9.47 Å². The van der Waals surface area contributed by atoms with E-state index in [2.05, 4.69) is 44.0 Å². The van der Waals surface area contributed by atoms with Gasteiger partial charge in [0.2, 0.25) is 0 Å². The molecule has 0 spiro atoms. The second-order valence-electron chi connectivity index (χ2n) is 8.00. The van der Waals surface area contributed by atoms with Crippen LogP contribution in [-0.2, 0) is 6.42 Å². The molecule has 3 heteroatoms. The summed E-state index contributed by atoms with van der Waals surface area (Å²) >= 11 is 0. The van der Waals surface area contributed by atoms with Gasteiger partial charge in [0.1, 0.15) is 0 Å². The topological polar surface area (TPSA) is 21.7 Å². The first-order valence-corrected chi connectivity index (χ1v) is 9.04. The van der Waals surface area contributed by atoms with Crippen molar-refractivity contribution in [1.29, 1.82) is 0 Å². The molecule has 3 nitrogen and oxygen atoms in total. The van der Waals surface area contributed by atoms with Crippen LogP contribution in [0, 0.1) is 17.3 Å². The number of methoxy groups -OCH3 is 2. The molecule has 1 saturated carbocycles. The van der Waals surface area contributed by atoms with E-state index in [9.17, 15) is 0 Å². The van der Waals surface area contributed by atoms with Crippen LogP contribution >= 0.6 is 0 Å². The Morgan fingerprint density at radius 1 is 1.17 bits per heavy atom. The van der Waals surface area contributed by atoms with Crippen LogP contribution in [0.3, 0.4) is 0 Å². The molecule has 1 aromatic rings. The molecule has 0 unspecified atom stereocenters. The third-order valence-corrected chi connectivity index (χ3v) is 6.27. The summed E-state index contributed by atoms with van der Waals surface area (Å²) in [6.07, 6.45) is 6.22. The van der Waals surface area contributed by atoms with Crippen LogP contribution in [0.15, 0.2) is 29.8 Å². The fourth-order valence-electron chi connectivity index (χ4n) is 4.40. The summed E-state index contributed by atoms with van der Waals surface area (Å²) in [5.74, 6) is 3.33. The summed E-state index contributed by atoms with van der Waals surface area (Å²) in [5, 5.41) is 0. The van der Waals surface area contributed by atoms with Gasteiger partial charge in [-0.25, -0.2) is 0 Å². The molecule has 0 heterocycles. The normalized spacial score (nSPS) is 24.3. The lowest BCUT2D eigenvalue weighted by molar-refractivity contribution is -0.00994. The van der Waals surface area contributed by atoms with Gasteiger partial charge < -0.3 is 14.4 Å². The number of fused-ring (bicyclic) bond motifs is 1. The minimum absolute atomic E-state index is 0.522. The summed E-state index contributed by atoms with van der Waals surface area (Å²) in [6, 6.07) is 6.22. The van der Waals surface area contributed by atoms with E-state index in [0.717, 1.165) is 42.8 Å². The van der Waals surface area contributed by atoms with Gasteiger partial charge in [-0.05, 0) is 61.3 Å². The fraction of sp³-hybridized carbons (Fsp3) is 0.619. The maximum absolute atomic E-state index is 5.40. The van der Waals surface area contributed by atoms with Crippen LogP contribution in [0.5, 0.6) is 11.5 Å². The number of nitrogens with zero attached hydrogens (tertiary/aromatic N) is 1. The number of hydrogen-bond acceptors (Lipinski definition) is 3. The molecule has 0 aliphatic heterocycles. The van der Waals surface area contributed by atoms with Gasteiger partial charge in [0.05, 0.1) is 14.2 Å². The van der Waals surface area contributed by atoms with Crippen molar-refractivity contribution >= 4 is 0 Å². The smallest absolute Gasteiger partial charge is 0.160 e. The zero-order valence-electron chi connectivity index (χ0n) is 15.8. The zero-order chi connectivity index (χ0) is 17.3. The maximum Gasteiger partial charge on any atom is 0.160 e. The molecule has 0 saturated heterocycles. The summed E-state index contributed by atoms with van der Waals surface area (Å²) in [6.45, 7) is 7.06. The minimum Gasteiger partial charge on any atom is -0.493 e. The standard InChI is InChI=1S/C21H31NO2/c1-21(2)17-8-7-16(18(21)13-17)14-22(3)11-10-15-6-9-19(23-4)20(12-15)24-5/h6-7,9,12,17-18H,8,10-11,13-14H2,1-5H3/t17-,18-/m1/s1. The lowest BCUT2D eigenvalue weighted by Crippen LogP contribution is -2.49. The van der Waals surface area contributed by atoms with Gasteiger partial charge in [0.25, 0.3) is 0 Å². The summed E-state index contributed by atoms with van der Waals surface area (Å²) in [7, 11) is 5.60. The molecule has 24 heavy (non-hydrogen) atoms. The quantitative estimate of drug-likeness (QED) is 0.701. The molecule has 2 atom stereocenters. The number of ether oxygens (including phenoxy) is 2. The summed E-state index contributed by atoms with van der Waals surface area (Å²) < 4.78 is 10.7. The van der Waals surface area contributed by atoms with E-state index in [1.807, 2.05) is 6.07 Å². The number of rotatable bonds is 7. The number of likely N-dealkylation sites (N-methyl/N-ethyl adjacent to an activating group) is 1. The average Bonchev–Trinajstić information content (AvgIpc) is 2.59. The molecule has 0 aromatic heterocycles. The van der Waals surface area contributed by atoms with Crippen molar-refractivity contribution in [3.63, 3.8) is 0 Å². The number of benzene rings is 1. The fourth-order valence-corrected chi connectivity index (χ4v) is 4.40. The molecular formula is C21H31NO2. The molecule has 0 radical (unpaired) electrons. The van der Waals surface area contributed by atoms with E-state index in [-0.39, 0.29) is 0 Å². The van der Waals surface area contributed by atoms with Gasteiger partial charge in [-0.3, -0.25) is 0 Å². The number of hydrogen-bond donors (Lipinski definition) is 0. The Labute approximate surface area is 146 Å². The molecule has 0 N–H and O–H groups in total. The van der Waals surface area contributed by atoms with Crippen LogP contribution in [0.2, 0.25) is 0 Å². The lowest BCUT2D eigenvalue weighted by Gasteiger charge is -2.57. The van der Waals surface area contributed by atoms with Crippen molar-refractivity contribution in [2.75, 3.05) is 34.4 Å². The maximum atomic E-state index is 5.40. The first-order chi connectivity index (χ1) is 11.5. The van der Waals surface area contributed by atoms with Gasteiger partial charge in [0.15, 0.2) is 11.5 Å². The van der Waals surface area contributed by atoms with E-state index < -0.39 is 0 Å². The van der Waals surface area contributed by atoms with Crippen molar-refractivity contribution in [3.8, 4) is 11.5 Å². The van der Waals surface area contributed by atoms with Crippen molar-refractivity contribution in [2.45, 2.75) is 33.1 Å². The monoisotopic (exact) mass is 329 g/mol. The Bertz CT molecular complexity index is 620. The molecule has 1 aromatic carbocycles. The average molecular weight is 329 g/mol. The van der Waals surface area contributed by atoms with Gasteiger partial charge in [-0.2, -0.15) is 0 Å². The Kier molecular flexibility index (Phi) is 4.91. The highest BCUT2D eigenvalue weighted by molar-refractivity contribution is 5.43. The minimum atomic E-state index is 0.522. The predicted octanol–water partition coefficient (Wildman–Crippen LogP) is 4.17. The summed E-state index contributed by atoms with van der Waals surface area (Å²) in [4.78, 5) is 2.46. The van der Waals surface area contributed by atoms with Crippen molar-refractivity contribution in [2.24, 2.45) is 17.3 Å². The van der Waals surface area contributed by atoms with Crippen LogP contribution < -0.4 is 9.47 Å².